The predicted octanol–water partition coefficient (Wildman–Crippen LogP) is 1.91. The van der Waals surface area contributed by atoms with Crippen molar-refractivity contribution >= 4 is 21.4 Å². The Morgan fingerprint density at radius 2 is 2.12 bits per heavy atom. The fourth-order valence-electron chi connectivity index (χ4n) is 1.62. The summed E-state index contributed by atoms with van der Waals surface area (Å²) in [6.45, 7) is 6.51. The third kappa shape index (κ3) is 3.28. The van der Waals surface area contributed by atoms with Crippen LogP contribution in [0, 0.1) is 5.92 Å². The van der Waals surface area contributed by atoms with Gasteiger partial charge < -0.3 is 5.11 Å². The Labute approximate surface area is 107 Å². The van der Waals surface area contributed by atoms with E-state index in [9.17, 15) is 8.42 Å². The van der Waals surface area contributed by atoms with Gasteiger partial charge in [-0.1, -0.05) is 20.8 Å². The molecule has 0 bridgehead atoms. The molecule has 0 saturated carbocycles. The van der Waals surface area contributed by atoms with Crippen LogP contribution < -0.4 is 0 Å². The first-order chi connectivity index (χ1) is 7.93. The monoisotopic (exact) mass is 277 g/mol. The molecule has 0 fully saturated rings. The SMILES string of the molecule is CCN(CC(C)C)S(=O)(=O)c1ccsc1CO. The number of sulfonamides is 1. The molecule has 1 heterocycles. The lowest BCUT2D eigenvalue weighted by Gasteiger charge is -2.22. The zero-order valence-electron chi connectivity index (χ0n) is 10.4. The third-order valence-corrected chi connectivity index (χ3v) is 5.45. The van der Waals surface area contributed by atoms with Crippen LogP contribution in [0.15, 0.2) is 16.3 Å². The largest absolute Gasteiger partial charge is 0.391 e. The van der Waals surface area contributed by atoms with Gasteiger partial charge in [0.25, 0.3) is 0 Å². The lowest BCUT2D eigenvalue weighted by Crippen LogP contribution is -2.34. The minimum Gasteiger partial charge on any atom is -0.391 e. The summed E-state index contributed by atoms with van der Waals surface area (Å²) in [5.74, 6) is 0.279. The van der Waals surface area contributed by atoms with Gasteiger partial charge in [0, 0.05) is 18.0 Å². The van der Waals surface area contributed by atoms with Crippen molar-refractivity contribution in [3.05, 3.63) is 16.3 Å². The van der Waals surface area contributed by atoms with Crippen molar-refractivity contribution < 1.29 is 13.5 Å². The second kappa shape index (κ2) is 5.95. The van der Waals surface area contributed by atoms with Crippen LogP contribution in [0.4, 0.5) is 0 Å². The van der Waals surface area contributed by atoms with Gasteiger partial charge in [0.1, 0.15) is 0 Å². The van der Waals surface area contributed by atoms with Crippen molar-refractivity contribution in [2.45, 2.75) is 32.3 Å². The van der Waals surface area contributed by atoms with Gasteiger partial charge in [0.05, 0.1) is 11.5 Å². The Balaban J connectivity index is 3.08. The van der Waals surface area contributed by atoms with E-state index in [0.29, 0.717) is 18.0 Å². The Morgan fingerprint density at radius 1 is 1.47 bits per heavy atom. The first-order valence-corrected chi connectivity index (χ1v) is 7.92. The molecule has 0 atom stereocenters. The van der Waals surface area contributed by atoms with E-state index in [1.165, 1.54) is 15.6 Å². The molecule has 0 unspecified atom stereocenters. The Bertz CT molecular complexity index is 451. The Hall–Kier alpha value is -0.430. The summed E-state index contributed by atoms with van der Waals surface area (Å²) in [7, 11) is -3.46. The molecule has 0 aliphatic carbocycles. The lowest BCUT2D eigenvalue weighted by atomic mass is 10.2. The molecule has 0 saturated heterocycles. The molecule has 17 heavy (non-hydrogen) atoms. The van der Waals surface area contributed by atoms with Gasteiger partial charge in [-0.3, -0.25) is 0 Å². The average molecular weight is 277 g/mol. The smallest absolute Gasteiger partial charge is 0.244 e. The van der Waals surface area contributed by atoms with E-state index in [4.69, 9.17) is 5.11 Å². The van der Waals surface area contributed by atoms with Crippen LogP contribution in [0.3, 0.4) is 0 Å². The van der Waals surface area contributed by atoms with Crippen LogP contribution >= 0.6 is 11.3 Å². The van der Waals surface area contributed by atoms with E-state index in [1.807, 2.05) is 20.8 Å². The zero-order chi connectivity index (χ0) is 13.1. The number of thiophene rings is 1. The molecular weight excluding hydrogens is 258 g/mol. The van der Waals surface area contributed by atoms with Crippen LogP contribution in [0.5, 0.6) is 0 Å². The molecule has 4 nitrogen and oxygen atoms in total. The first-order valence-electron chi connectivity index (χ1n) is 5.60. The van der Waals surface area contributed by atoms with Crippen LogP contribution in [0.25, 0.3) is 0 Å². The van der Waals surface area contributed by atoms with Crippen molar-refractivity contribution in [1.82, 2.24) is 4.31 Å². The fourth-order valence-corrected chi connectivity index (χ4v) is 4.50. The molecule has 1 aromatic heterocycles. The summed E-state index contributed by atoms with van der Waals surface area (Å²) in [4.78, 5) is 0.750. The molecule has 0 aliphatic rings. The molecular formula is C11H19NO3S2. The van der Waals surface area contributed by atoms with Crippen LogP contribution in [-0.4, -0.2) is 30.9 Å². The van der Waals surface area contributed by atoms with E-state index in [1.54, 1.807) is 11.4 Å². The topological polar surface area (TPSA) is 57.6 Å². The standard InChI is InChI=1S/C11H19NO3S2/c1-4-12(7-9(2)3)17(14,15)11-5-6-16-10(11)8-13/h5-6,9,13H,4,7-8H2,1-3H3. The van der Waals surface area contributed by atoms with Gasteiger partial charge in [0.15, 0.2) is 0 Å². The molecule has 0 radical (unpaired) electrons. The quantitative estimate of drug-likeness (QED) is 0.864. The van der Waals surface area contributed by atoms with Crippen molar-refractivity contribution in [2.75, 3.05) is 13.1 Å². The highest BCUT2D eigenvalue weighted by molar-refractivity contribution is 7.89. The maximum atomic E-state index is 12.4. The van der Waals surface area contributed by atoms with E-state index in [2.05, 4.69) is 0 Å². The summed E-state index contributed by atoms with van der Waals surface area (Å²) in [5, 5.41) is 10.8. The van der Waals surface area contributed by atoms with Crippen molar-refractivity contribution in [3.8, 4) is 0 Å². The molecule has 0 aromatic carbocycles. The van der Waals surface area contributed by atoms with E-state index in [-0.39, 0.29) is 17.4 Å². The molecule has 0 amide bonds. The van der Waals surface area contributed by atoms with E-state index >= 15 is 0 Å². The van der Waals surface area contributed by atoms with Crippen molar-refractivity contribution in [3.63, 3.8) is 0 Å². The van der Waals surface area contributed by atoms with Crippen LogP contribution in [-0.2, 0) is 16.6 Å². The summed E-state index contributed by atoms with van der Waals surface area (Å²) in [6, 6.07) is 1.56. The number of aliphatic hydroxyl groups excluding tert-OH is 1. The van der Waals surface area contributed by atoms with Gasteiger partial charge in [0.2, 0.25) is 10.0 Å². The summed E-state index contributed by atoms with van der Waals surface area (Å²) in [5.41, 5.74) is 0. The molecule has 1 rings (SSSR count). The van der Waals surface area contributed by atoms with Crippen molar-refractivity contribution in [2.24, 2.45) is 5.92 Å². The van der Waals surface area contributed by atoms with Crippen molar-refractivity contribution in [1.29, 1.82) is 0 Å². The average Bonchev–Trinajstić information content (AvgIpc) is 2.73. The molecule has 1 N–H and O–H groups in total. The number of nitrogens with zero attached hydrogens (tertiary/aromatic N) is 1. The normalized spacial score (nSPS) is 12.6. The molecule has 98 valence electrons. The number of hydrogen-bond acceptors (Lipinski definition) is 4. The zero-order valence-corrected chi connectivity index (χ0v) is 12.0. The van der Waals surface area contributed by atoms with Crippen LogP contribution in [0.1, 0.15) is 25.6 Å². The number of hydrogen-bond donors (Lipinski definition) is 1. The maximum absolute atomic E-state index is 12.4. The van der Waals surface area contributed by atoms with Gasteiger partial charge in [-0.25, -0.2) is 8.42 Å². The predicted molar refractivity (Wildman–Crippen MR) is 69.5 cm³/mol. The van der Waals surface area contributed by atoms with Gasteiger partial charge >= 0.3 is 0 Å². The Kier molecular flexibility index (Phi) is 5.12. The molecule has 0 spiro atoms. The highest BCUT2D eigenvalue weighted by Gasteiger charge is 2.26. The van der Waals surface area contributed by atoms with Gasteiger partial charge in [-0.15, -0.1) is 11.3 Å². The highest BCUT2D eigenvalue weighted by atomic mass is 32.2. The van der Waals surface area contributed by atoms with E-state index in [0.717, 1.165) is 0 Å². The second-order valence-corrected chi connectivity index (χ2v) is 7.12. The lowest BCUT2D eigenvalue weighted by molar-refractivity contribution is 0.282. The minimum absolute atomic E-state index is 0.231. The fraction of sp³-hybridized carbons (Fsp3) is 0.636. The molecule has 1 aromatic rings. The maximum Gasteiger partial charge on any atom is 0.244 e. The Morgan fingerprint density at radius 3 is 2.59 bits per heavy atom. The van der Waals surface area contributed by atoms with Gasteiger partial charge in [-0.2, -0.15) is 4.31 Å². The number of rotatable bonds is 6. The third-order valence-electron chi connectivity index (χ3n) is 2.39. The van der Waals surface area contributed by atoms with Gasteiger partial charge in [-0.05, 0) is 17.4 Å². The van der Waals surface area contributed by atoms with Crippen LogP contribution in [0.2, 0.25) is 0 Å². The number of aliphatic hydroxyl groups is 1. The minimum atomic E-state index is -3.46. The summed E-state index contributed by atoms with van der Waals surface area (Å²) < 4.78 is 26.2. The molecule has 0 aliphatic heterocycles. The molecule has 6 heteroatoms. The summed E-state index contributed by atoms with van der Waals surface area (Å²) >= 11 is 1.27. The highest BCUT2D eigenvalue weighted by Crippen LogP contribution is 2.25. The summed E-state index contributed by atoms with van der Waals surface area (Å²) in [6.07, 6.45) is 0. The first kappa shape index (κ1) is 14.6. The second-order valence-electron chi connectivity index (χ2n) is 4.22. The van der Waals surface area contributed by atoms with E-state index < -0.39 is 10.0 Å².